The van der Waals surface area contributed by atoms with Crippen LogP contribution in [0.1, 0.15) is 76.7 Å². The molecule has 1 saturated heterocycles. The van der Waals surface area contributed by atoms with Gasteiger partial charge in [0.1, 0.15) is 12.1 Å². The number of fused-ring (bicyclic) bond motifs is 2. The van der Waals surface area contributed by atoms with E-state index in [1.165, 1.54) is 6.42 Å². The summed E-state index contributed by atoms with van der Waals surface area (Å²) in [5, 5.41) is 29.2. The van der Waals surface area contributed by atoms with Crippen LogP contribution in [0.4, 0.5) is 0 Å². The summed E-state index contributed by atoms with van der Waals surface area (Å²) in [6.07, 6.45) is 1.54. The van der Waals surface area contributed by atoms with Gasteiger partial charge >= 0.3 is 0 Å². The van der Waals surface area contributed by atoms with Crippen LogP contribution in [0.2, 0.25) is 0 Å². The number of nitrogens with zero attached hydrogens (tertiary/aromatic N) is 2. The van der Waals surface area contributed by atoms with E-state index >= 15 is 0 Å². The van der Waals surface area contributed by atoms with Gasteiger partial charge in [0.2, 0.25) is 5.91 Å². The predicted molar refractivity (Wildman–Crippen MR) is 189 cm³/mol. The Hall–Kier alpha value is -2.82. The van der Waals surface area contributed by atoms with E-state index in [0.29, 0.717) is 41.2 Å². The number of carbonyl (C=O) groups excluding carboxylic acids is 2. The van der Waals surface area contributed by atoms with Crippen molar-refractivity contribution in [2.45, 2.75) is 97.7 Å². The summed E-state index contributed by atoms with van der Waals surface area (Å²) in [4.78, 5) is 35.7. The highest BCUT2D eigenvalue weighted by Gasteiger charge is 2.57. The number of hydroxylamine groups is 2. The lowest BCUT2D eigenvalue weighted by Crippen LogP contribution is -2.62. The third kappa shape index (κ3) is 7.81. The standard InChI is InChI=1S/C39H58N4O5/c1-23(2)15-31(21-42(7)8)40-37(46)29-14-10-13-28(17-29)27-12-9-11-26(16-27)20-43-36(35(25(4)45)34(22-44)48-43)38(47)41-33-19-30-18-32(24(33)3)39(30,5)6/h9-14,16-17,23-25,30-36,44-45H,15,18-22H2,1-8H3,(H,40,46)(H,41,47)/t24-,25+,30?,31+,32?,33+,34+,35-,36+/m1/s1. The van der Waals surface area contributed by atoms with Gasteiger partial charge in [0, 0.05) is 30.1 Å². The summed E-state index contributed by atoms with van der Waals surface area (Å²) in [6.45, 7) is 13.7. The number of rotatable bonds is 13. The minimum absolute atomic E-state index is 0.0529. The van der Waals surface area contributed by atoms with Crippen LogP contribution in [-0.4, -0.2) is 89.6 Å². The van der Waals surface area contributed by atoms with Crippen LogP contribution in [-0.2, 0) is 16.2 Å². The van der Waals surface area contributed by atoms with Crippen LogP contribution >= 0.6 is 0 Å². The molecule has 2 aromatic carbocycles. The quantitative estimate of drug-likeness (QED) is 0.246. The Morgan fingerprint density at radius 2 is 1.75 bits per heavy atom. The fourth-order valence-corrected chi connectivity index (χ4v) is 8.81. The van der Waals surface area contributed by atoms with E-state index in [1.54, 1.807) is 12.0 Å². The first-order valence-electron chi connectivity index (χ1n) is 17.9. The third-order valence-electron chi connectivity index (χ3n) is 11.5. The van der Waals surface area contributed by atoms with E-state index in [4.69, 9.17) is 4.84 Å². The van der Waals surface area contributed by atoms with Crippen molar-refractivity contribution in [3.05, 3.63) is 59.7 Å². The minimum atomic E-state index is -0.850. The van der Waals surface area contributed by atoms with Gasteiger partial charge in [-0.3, -0.25) is 14.4 Å². The van der Waals surface area contributed by atoms with Crippen molar-refractivity contribution in [1.82, 2.24) is 20.6 Å². The maximum Gasteiger partial charge on any atom is 0.251 e. The Balaban J connectivity index is 1.32. The van der Waals surface area contributed by atoms with Gasteiger partial charge < -0.3 is 25.7 Å². The molecule has 48 heavy (non-hydrogen) atoms. The smallest absolute Gasteiger partial charge is 0.251 e. The Kier molecular flexibility index (Phi) is 11.4. The molecular weight excluding hydrogens is 604 g/mol. The van der Waals surface area contributed by atoms with Crippen LogP contribution in [0.15, 0.2) is 48.5 Å². The van der Waals surface area contributed by atoms with E-state index in [0.717, 1.165) is 36.1 Å². The van der Waals surface area contributed by atoms with E-state index in [-0.39, 0.29) is 30.5 Å². The highest BCUT2D eigenvalue weighted by molar-refractivity contribution is 5.95. The second-order valence-corrected chi connectivity index (χ2v) is 16.1. The maximum absolute atomic E-state index is 14.0. The monoisotopic (exact) mass is 662 g/mol. The van der Waals surface area contributed by atoms with Crippen LogP contribution in [0.3, 0.4) is 0 Å². The van der Waals surface area contributed by atoms with Crippen LogP contribution in [0, 0.1) is 35.0 Å². The highest BCUT2D eigenvalue weighted by Crippen LogP contribution is 2.61. The average Bonchev–Trinajstić information content (AvgIpc) is 3.39. The van der Waals surface area contributed by atoms with E-state index in [1.807, 2.05) is 62.6 Å². The molecule has 4 N–H and O–H groups in total. The molecule has 6 rings (SSSR count). The Morgan fingerprint density at radius 3 is 2.35 bits per heavy atom. The average molecular weight is 663 g/mol. The highest BCUT2D eigenvalue weighted by atomic mass is 16.7. The number of hydrogen-bond donors (Lipinski definition) is 4. The van der Waals surface area contributed by atoms with Crippen molar-refractivity contribution in [3.8, 4) is 11.1 Å². The second-order valence-electron chi connectivity index (χ2n) is 16.1. The van der Waals surface area contributed by atoms with Gasteiger partial charge in [-0.1, -0.05) is 65.0 Å². The summed E-state index contributed by atoms with van der Waals surface area (Å²) in [6, 6.07) is 15.0. The molecule has 2 amide bonds. The number of benzene rings is 2. The number of amides is 2. The fraction of sp³-hybridized carbons (Fsp3) is 0.641. The summed E-state index contributed by atoms with van der Waals surface area (Å²) in [5.74, 6) is 1.19. The molecule has 9 nitrogen and oxygen atoms in total. The zero-order chi connectivity index (χ0) is 34.9. The number of likely N-dealkylation sites (N-methyl/N-ethyl adjacent to an activating group) is 1. The largest absolute Gasteiger partial charge is 0.394 e. The number of hydrogen-bond acceptors (Lipinski definition) is 7. The number of nitrogens with one attached hydrogen (secondary N) is 2. The number of aliphatic hydroxyl groups excluding tert-OH is 2. The molecule has 2 unspecified atom stereocenters. The molecule has 0 aromatic heterocycles. The van der Waals surface area contributed by atoms with Gasteiger partial charge in [0.05, 0.1) is 19.3 Å². The lowest BCUT2D eigenvalue weighted by Gasteiger charge is -2.62. The summed E-state index contributed by atoms with van der Waals surface area (Å²) < 4.78 is 0. The van der Waals surface area contributed by atoms with Crippen molar-refractivity contribution in [2.24, 2.45) is 35.0 Å². The molecule has 9 atom stereocenters. The molecule has 2 aromatic rings. The minimum Gasteiger partial charge on any atom is -0.394 e. The molecule has 0 spiro atoms. The zero-order valence-corrected chi connectivity index (χ0v) is 30.1. The van der Waals surface area contributed by atoms with Crippen LogP contribution in [0.5, 0.6) is 0 Å². The van der Waals surface area contributed by atoms with Gasteiger partial charge in [-0.25, -0.2) is 0 Å². The van der Waals surface area contributed by atoms with Gasteiger partial charge in [-0.2, -0.15) is 5.06 Å². The Bertz CT molecular complexity index is 1420. The molecule has 4 fully saturated rings. The molecule has 4 aliphatic rings. The molecule has 0 radical (unpaired) electrons. The zero-order valence-electron chi connectivity index (χ0n) is 30.1. The number of aliphatic hydroxyl groups is 2. The molecule has 3 saturated carbocycles. The maximum atomic E-state index is 14.0. The van der Waals surface area contributed by atoms with Crippen molar-refractivity contribution in [1.29, 1.82) is 0 Å². The first-order valence-corrected chi connectivity index (χ1v) is 17.9. The van der Waals surface area contributed by atoms with E-state index < -0.39 is 24.2 Å². The summed E-state index contributed by atoms with van der Waals surface area (Å²) >= 11 is 0. The molecule has 1 heterocycles. The molecule has 9 heteroatoms. The number of carbonyl (C=O) groups is 2. The van der Waals surface area contributed by atoms with Gasteiger partial charge in [0.15, 0.2) is 0 Å². The Morgan fingerprint density at radius 1 is 1.06 bits per heavy atom. The summed E-state index contributed by atoms with van der Waals surface area (Å²) in [5.41, 5.74) is 3.69. The fourth-order valence-electron chi connectivity index (χ4n) is 8.81. The Labute approximate surface area is 287 Å². The van der Waals surface area contributed by atoms with E-state index in [2.05, 4.69) is 50.2 Å². The van der Waals surface area contributed by atoms with Gasteiger partial charge in [0.25, 0.3) is 5.91 Å². The molecule has 2 bridgehead atoms. The normalized spacial score (nSPS) is 29.4. The first kappa shape index (κ1) is 36.5. The van der Waals surface area contributed by atoms with Crippen molar-refractivity contribution in [2.75, 3.05) is 27.2 Å². The molecule has 264 valence electrons. The van der Waals surface area contributed by atoms with Crippen molar-refractivity contribution >= 4 is 11.8 Å². The van der Waals surface area contributed by atoms with Crippen LogP contribution < -0.4 is 10.6 Å². The predicted octanol–water partition coefficient (Wildman–Crippen LogP) is 4.72. The summed E-state index contributed by atoms with van der Waals surface area (Å²) in [7, 11) is 4.03. The van der Waals surface area contributed by atoms with Crippen molar-refractivity contribution in [3.63, 3.8) is 0 Å². The van der Waals surface area contributed by atoms with E-state index in [9.17, 15) is 19.8 Å². The third-order valence-corrected chi connectivity index (χ3v) is 11.5. The van der Waals surface area contributed by atoms with Crippen molar-refractivity contribution < 1.29 is 24.6 Å². The van der Waals surface area contributed by atoms with Gasteiger partial charge in [-0.15, -0.1) is 0 Å². The first-order chi connectivity index (χ1) is 22.7. The van der Waals surface area contributed by atoms with Gasteiger partial charge in [-0.05, 0) is 104 Å². The lowest BCUT2D eigenvalue weighted by molar-refractivity contribution is -0.183. The lowest BCUT2D eigenvalue weighted by atomic mass is 9.45. The second kappa shape index (κ2) is 15.0. The molecule has 1 aliphatic heterocycles. The molecule has 3 aliphatic carbocycles. The van der Waals surface area contributed by atoms with Crippen LogP contribution in [0.25, 0.3) is 11.1 Å². The molecular formula is C39H58N4O5. The SMILES string of the molecule is CC(C)C[C@@H](CN(C)C)NC(=O)c1cccc(-c2cccc(CN3O[C@@H](CO)[C@@H]([C@H](C)O)[C@H]3C(=O)N[C@H]3CC4CC([C@H]3C)C4(C)C)c2)c1. The topological polar surface area (TPSA) is 114 Å².